The van der Waals surface area contributed by atoms with E-state index < -0.39 is 0 Å². The van der Waals surface area contributed by atoms with E-state index in [0.29, 0.717) is 29.9 Å². The Morgan fingerprint density at radius 3 is 2.68 bits per heavy atom. The summed E-state index contributed by atoms with van der Waals surface area (Å²) in [5.74, 6) is 0. The van der Waals surface area contributed by atoms with Crippen molar-refractivity contribution in [1.82, 2.24) is 30.1 Å². The molecule has 0 amide bonds. The smallest absolute Gasteiger partial charge is 0.273 e. The first-order valence-electron chi connectivity index (χ1n) is 9.07. The van der Waals surface area contributed by atoms with Crippen LogP contribution in [0, 0.1) is 6.92 Å². The molecule has 8 nitrogen and oxygen atoms in total. The van der Waals surface area contributed by atoms with E-state index in [1.165, 1.54) is 0 Å². The Labute approximate surface area is 161 Å². The molecule has 4 aromatic heterocycles. The monoisotopic (exact) mass is 375 g/mol. The Bertz CT molecular complexity index is 1140. The minimum Gasteiger partial charge on any atom is -0.361 e. The predicted molar refractivity (Wildman–Crippen MR) is 107 cm³/mol. The minimum atomic E-state index is -0.224. The zero-order valence-corrected chi connectivity index (χ0v) is 15.5. The predicted octanol–water partition coefficient (Wildman–Crippen LogP) is 1.95. The molecule has 4 rings (SSSR count). The normalized spacial score (nSPS) is 11.1. The molecule has 0 radical (unpaired) electrons. The van der Waals surface area contributed by atoms with Gasteiger partial charge in [-0.25, -0.2) is 0 Å². The molecule has 142 valence electrons. The highest BCUT2D eigenvalue weighted by molar-refractivity contribution is 5.70. The molecule has 8 heteroatoms. The SMILES string of the molecule is Cc1[nH]c(Cc2nccnc2-c2c[nH][nH]c2=O)c(-c2ccccn2)c1CCN. The molecular weight excluding hydrogens is 354 g/mol. The summed E-state index contributed by atoms with van der Waals surface area (Å²) < 4.78 is 0. The molecule has 0 aliphatic rings. The van der Waals surface area contributed by atoms with E-state index in [4.69, 9.17) is 5.73 Å². The van der Waals surface area contributed by atoms with Crippen molar-refractivity contribution in [2.45, 2.75) is 19.8 Å². The van der Waals surface area contributed by atoms with Crippen LogP contribution in [-0.2, 0) is 12.8 Å². The van der Waals surface area contributed by atoms with Crippen LogP contribution in [0.4, 0.5) is 0 Å². The van der Waals surface area contributed by atoms with Crippen molar-refractivity contribution in [2.75, 3.05) is 6.54 Å². The summed E-state index contributed by atoms with van der Waals surface area (Å²) >= 11 is 0. The zero-order valence-electron chi connectivity index (χ0n) is 15.5. The summed E-state index contributed by atoms with van der Waals surface area (Å²) in [6, 6.07) is 5.85. The van der Waals surface area contributed by atoms with E-state index in [1.807, 2.05) is 25.1 Å². The van der Waals surface area contributed by atoms with Gasteiger partial charge in [-0.15, -0.1) is 0 Å². The molecule has 0 unspecified atom stereocenters. The minimum absolute atomic E-state index is 0.224. The lowest BCUT2D eigenvalue weighted by Gasteiger charge is -2.09. The molecule has 0 atom stereocenters. The summed E-state index contributed by atoms with van der Waals surface area (Å²) in [6.45, 7) is 2.59. The second kappa shape index (κ2) is 7.61. The maximum Gasteiger partial charge on any atom is 0.273 e. The topological polar surface area (TPSA) is 129 Å². The van der Waals surface area contributed by atoms with Crippen LogP contribution in [0.2, 0.25) is 0 Å². The van der Waals surface area contributed by atoms with Gasteiger partial charge in [0, 0.05) is 48.2 Å². The third-order valence-electron chi connectivity index (χ3n) is 4.73. The lowest BCUT2D eigenvalue weighted by atomic mass is 9.99. The van der Waals surface area contributed by atoms with Crippen LogP contribution in [0.5, 0.6) is 0 Å². The van der Waals surface area contributed by atoms with Crippen LogP contribution < -0.4 is 11.3 Å². The molecule has 0 aliphatic heterocycles. The number of nitrogens with one attached hydrogen (secondary N) is 3. The highest BCUT2D eigenvalue weighted by atomic mass is 16.1. The molecule has 0 fully saturated rings. The number of aromatic nitrogens is 6. The van der Waals surface area contributed by atoms with Gasteiger partial charge in [-0.2, -0.15) is 0 Å². The van der Waals surface area contributed by atoms with Gasteiger partial charge in [0.25, 0.3) is 5.56 Å². The molecular formula is C20H21N7O. The molecule has 0 bridgehead atoms. The van der Waals surface area contributed by atoms with Gasteiger partial charge in [0.05, 0.1) is 22.6 Å². The maximum atomic E-state index is 12.1. The number of aryl methyl sites for hydroxylation is 1. The van der Waals surface area contributed by atoms with Gasteiger partial charge in [-0.05, 0) is 37.6 Å². The van der Waals surface area contributed by atoms with E-state index in [0.717, 1.165) is 34.6 Å². The lowest BCUT2D eigenvalue weighted by Crippen LogP contribution is -2.07. The van der Waals surface area contributed by atoms with E-state index in [-0.39, 0.29) is 5.56 Å². The molecule has 0 aromatic carbocycles. The largest absolute Gasteiger partial charge is 0.361 e. The second-order valence-corrected chi connectivity index (χ2v) is 6.52. The van der Waals surface area contributed by atoms with E-state index in [9.17, 15) is 4.79 Å². The van der Waals surface area contributed by atoms with Gasteiger partial charge in [0.15, 0.2) is 0 Å². The van der Waals surface area contributed by atoms with Gasteiger partial charge < -0.3 is 15.8 Å². The molecule has 4 aromatic rings. The molecule has 28 heavy (non-hydrogen) atoms. The Hall–Kier alpha value is -3.52. The van der Waals surface area contributed by atoms with Crippen molar-refractivity contribution in [3.63, 3.8) is 0 Å². The molecule has 4 heterocycles. The van der Waals surface area contributed by atoms with Crippen molar-refractivity contribution in [2.24, 2.45) is 5.73 Å². The highest BCUT2D eigenvalue weighted by Crippen LogP contribution is 2.31. The first-order valence-corrected chi connectivity index (χ1v) is 9.07. The van der Waals surface area contributed by atoms with Crippen LogP contribution in [0.3, 0.4) is 0 Å². The quantitative estimate of drug-likeness (QED) is 0.409. The van der Waals surface area contributed by atoms with Gasteiger partial charge in [0.1, 0.15) is 0 Å². The van der Waals surface area contributed by atoms with Crippen LogP contribution in [0.25, 0.3) is 22.5 Å². The van der Waals surface area contributed by atoms with Crippen LogP contribution >= 0.6 is 0 Å². The number of aromatic amines is 3. The first-order chi connectivity index (χ1) is 13.7. The average Bonchev–Trinajstić information content (AvgIpc) is 3.26. The van der Waals surface area contributed by atoms with Crippen molar-refractivity contribution >= 4 is 0 Å². The summed E-state index contributed by atoms with van der Waals surface area (Å²) in [5.41, 5.74) is 12.5. The van der Waals surface area contributed by atoms with Crippen molar-refractivity contribution in [3.8, 4) is 22.5 Å². The third-order valence-corrected chi connectivity index (χ3v) is 4.73. The lowest BCUT2D eigenvalue weighted by molar-refractivity contribution is 0.957. The van der Waals surface area contributed by atoms with Gasteiger partial charge in [-0.1, -0.05) is 6.07 Å². The van der Waals surface area contributed by atoms with Crippen molar-refractivity contribution < 1.29 is 0 Å². The highest BCUT2D eigenvalue weighted by Gasteiger charge is 2.20. The van der Waals surface area contributed by atoms with Gasteiger partial charge in [0.2, 0.25) is 0 Å². The maximum absolute atomic E-state index is 12.1. The average molecular weight is 375 g/mol. The Morgan fingerprint density at radius 1 is 1.11 bits per heavy atom. The number of hydrogen-bond donors (Lipinski definition) is 4. The standard InChI is InChI=1S/C20H21N7O/c1-12-13(5-6-21)18(15-4-2-3-7-22-15)16(26-12)10-17-19(24-9-8-23-17)14-11-25-27-20(14)28/h2-4,7-9,11,26H,5-6,10,21H2,1H3,(H2,25,27,28). The first kappa shape index (κ1) is 17.9. The third kappa shape index (κ3) is 3.25. The van der Waals surface area contributed by atoms with E-state index in [1.54, 1.807) is 24.8 Å². The fourth-order valence-corrected chi connectivity index (χ4v) is 3.51. The Balaban J connectivity index is 1.83. The summed E-state index contributed by atoms with van der Waals surface area (Å²) in [4.78, 5) is 29.0. The fraction of sp³-hybridized carbons (Fsp3) is 0.200. The Morgan fingerprint density at radius 2 is 1.96 bits per heavy atom. The molecule has 0 spiro atoms. The summed E-state index contributed by atoms with van der Waals surface area (Å²) in [6.07, 6.45) is 7.85. The molecule has 0 aliphatic carbocycles. The van der Waals surface area contributed by atoms with Crippen molar-refractivity contribution in [1.29, 1.82) is 0 Å². The summed E-state index contributed by atoms with van der Waals surface area (Å²) in [5, 5.41) is 5.26. The number of hydrogen-bond acceptors (Lipinski definition) is 5. The molecule has 0 saturated heterocycles. The second-order valence-electron chi connectivity index (χ2n) is 6.52. The van der Waals surface area contributed by atoms with Crippen LogP contribution in [0.1, 0.15) is 22.6 Å². The Kier molecular flexibility index (Phi) is 4.86. The summed E-state index contributed by atoms with van der Waals surface area (Å²) in [7, 11) is 0. The fourth-order valence-electron chi connectivity index (χ4n) is 3.51. The van der Waals surface area contributed by atoms with Gasteiger partial charge >= 0.3 is 0 Å². The van der Waals surface area contributed by atoms with Crippen molar-refractivity contribution in [3.05, 3.63) is 76.0 Å². The van der Waals surface area contributed by atoms with E-state index in [2.05, 4.69) is 30.1 Å². The number of pyridine rings is 1. The zero-order chi connectivity index (χ0) is 19.5. The van der Waals surface area contributed by atoms with E-state index >= 15 is 0 Å². The number of nitrogens with two attached hydrogens (primary N) is 1. The molecule has 0 saturated carbocycles. The number of H-pyrrole nitrogens is 3. The molecule has 5 N–H and O–H groups in total. The number of rotatable bonds is 6. The van der Waals surface area contributed by atoms with Gasteiger partial charge in [-0.3, -0.25) is 24.8 Å². The van der Waals surface area contributed by atoms with Crippen LogP contribution in [0.15, 0.2) is 47.8 Å². The number of nitrogens with zero attached hydrogens (tertiary/aromatic N) is 3. The van der Waals surface area contributed by atoms with Crippen LogP contribution in [-0.4, -0.2) is 36.7 Å².